The third kappa shape index (κ3) is 5.45. The van der Waals surface area contributed by atoms with Crippen molar-refractivity contribution in [2.24, 2.45) is 11.8 Å². The van der Waals surface area contributed by atoms with Crippen LogP contribution in [0.1, 0.15) is 44.6 Å². The summed E-state index contributed by atoms with van der Waals surface area (Å²) in [5.41, 5.74) is 1.87. The number of aryl methyl sites for hydroxylation is 1. The maximum atomic E-state index is 12.6. The fraction of sp³-hybridized carbons (Fsp3) is 0.667. The summed E-state index contributed by atoms with van der Waals surface area (Å²) in [7, 11) is 0. The lowest BCUT2D eigenvalue weighted by Gasteiger charge is -2.28. The van der Waals surface area contributed by atoms with E-state index in [-0.39, 0.29) is 12.0 Å². The predicted octanol–water partition coefficient (Wildman–Crippen LogP) is 3.52. The van der Waals surface area contributed by atoms with E-state index in [1.54, 1.807) is 0 Å². The third-order valence-corrected chi connectivity index (χ3v) is 5.51. The molecule has 0 aromatic heterocycles. The summed E-state index contributed by atoms with van der Waals surface area (Å²) < 4.78 is 11.6. The Morgan fingerprint density at radius 2 is 2.27 bits per heavy atom. The van der Waals surface area contributed by atoms with Crippen LogP contribution in [0, 0.1) is 18.8 Å². The van der Waals surface area contributed by atoms with E-state index in [4.69, 9.17) is 9.47 Å². The van der Waals surface area contributed by atoms with Crippen molar-refractivity contribution in [2.45, 2.75) is 52.1 Å². The highest BCUT2D eigenvalue weighted by Gasteiger charge is 2.23. The van der Waals surface area contributed by atoms with Gasteiger partial charge in [-0.25, -0.2) is 0 Å². The fourth-order valence-electron chi connectivity index (χ4n) is 3.84. The number of benzene rings is 1. The first kappa shape index (κ1) is 19.2. The monoisotopic (exact) mass is 360 g/mol. The molecule has 0 spiro atoms. The Hall–Kier alpha value is -1.59. The minimum atomic E-state index is 0.0638. The van der Waals surface area contributed by atoms with Gasteiger partial charge in [-0.3, -0.25) is 4.79 Å². The average molecular weight is 360 g/mol. The van der Waals surface area contributed by atoms with Gasteiger partial charge in [0.15, 0.2) is 0 Å². The minimum Gasteiger partial charge on any atom is -0.489 e. The van der Waals surface area contributed by atoms with Crippen molar-refractivity contribution in [3.63, 3.8) is 0 Å². The number of ether oxygens (including phenoxy) is 2. The van der Waals surface area contributed by atoms with Gasteiger partial charge in [-0.1, -0.05) is 13.0 Å². The topological polar surface area (TPSA) is 59.6 Å². The summed E-state index contributed by atoms with van der Waals surface area (Å²) in [4.78, 5) is 12.6. The molecule has 1 aromatic carbocycles. The number of carbonyl (C=O) groups excluding carboxylic acids is 1. The quantitative estimate of drug-likeness (QED) is 0.781. The van der Waals surface area contributed by atoms with Crippen molar-refractivity contribution in [1.82, 2.24) is 5.32 Å². The van der Waals surface area contributed by atoms with Crippen LogP contribution >= 0.6 is 0 Å². The van der Waals surface area contributed by atoms with Crippen LogP contribution in [0.5, 0.6) is 5.75 Å². The van der Waals surface area contributed by atoms with Crippen molar-refractivity contribution < 1.29 is 14.3 Å². The van der Waals surface area contributed by atoms with Crippen LogP contribution in [0.15, 0.2) is 18.2 Å². The standard InChI is InChI=1S/C21H32N2O3/c1-15-7-8-19(20(11-15)26-14-18-6-4-10-25-18)23-21(24)12-16(2)17-5-3-9-22-13-17/h7-8,11,16-18,22H,3-6,9-10,12-14H2,1-2H3,(H,23,24). The number of hydrogen-bond donors (Lipinski definition) is 2. The number of carbonyl (C=O) groups is 1. The number of piperidine rings is 1. The zero-order chi connectivity index (χ0) is 18.4. The molecular weight excluding hydrogens is 328 g/mol. The van der Waals surface area contributed by atoms with Crippen molar-refractivity contribution >= 4 is 11.6 Å². The van der Waals surface area contributed by atoms with E-state index in [0.29, 0.717) is 24.9 Å². The van der Waals surface area contributed by atoms with Gasteiger partial charge in [0.2, 0.25) is 5.91 Å². The Balaban J connectivity index is 1.56. The molecular formula is C21H32N2O3. The van der Waals surface area contributed by atoms with Gasteiger partial charge in [0.05, 0.1) is 11.8 Å². The van der Waals surface area contributed by atoms with Crippen LogP contribution in [0.2, 0.25) is 0 Å². The second-order valence-corrected chi connectivity index (χ2v) is 7.78. The van der Waals surface area contributed by atoms with Gasteiger partial charge in [-0.05, 0) is 75.2 Å². The zero-order valence-corrected chi connectivity index (χ0v) is 16.1. The van der Waals surface area contributed by atoms with Crippen molar-refractivity contribution in [2.75, 3.05) is 31.6 Å². The van der Waals surface area contributed by atoms with E-state index >= 15 is 0 Å². The molecule has 3 unspecified atom stereocenters. The van der Waals surface area contributed by atoms with Gasteiger partial charge in [-0.2, -0.15) is 0 Å². The number of nitrogens with one attached hydrogen (secondary N) is 2. The normalized spacial score (nSPS) is 24.2. The molecule has 0 radical (unpaired) electrons. The van der Waals surface area contributed by atoms with E-state index in [1.165, 1.54) is 12.8 Å². The molecule has 0 saturated carbocycles. The average Bonchev–Trinajstić information content (AvgIpc) is 3.16. The van der Waals surface area contributed by atoms with Crippen LogP contribution in [0.3, 0.4) is 0 Å². The Morgan fingerprint density at radius 3 is 3.00 bits per heavy atom. The largest absolute Gasteiger partial charge is 0.489 e. The molecule has 3 atom stereocenters. The molecule has 26 heavy (non-hydrogen) atoms. The molecule has 1 amide bonds. The van der Waals surface area contributed by atoms with Crippen molar-refractivity contribution in [3.05, 3.63) is 23.8 Å². The van der Waals surface area contributed by atoms with E-state index in [1.807, 2.05) is 25.1 Å². The molecule has 1 aromatic rings. The summed E-state index contributed by atoms with van der Waals surface area (Å²) in [5.74, 6) is 1.77. The fourth-order valence-corrected chi connectivity index (χ4v) is 3.84. The molecule has 2 aliphatic heterocycles. The molecule has 144 valence electrons. The lowest BCUT2D eigenvalue weighted by Crippen LogP contribution is -2.34. The third-order valence-electron chi connectivity index (χ3n) is 5.51. The highest BCUT2D eigenvalue weighted by atomic mass is 16.5. The lowest BCUT2D eigenvalue weighted by atomic mass is 9.85. The van der Waals surface area contributed by atoms with Gasteiger partial charge in [0.1, 0.15) is 12.4 Å². The molecule has 2 aliphatic rings. The predicted molar refractivity (Wildman–Crippen MR) is 104 cm³/mol. The second-order valence-electron chi connectivity index (χ2n) is 7.78. The molecule has 2 N–H and O–H groups in total. The number of amides is 1. The van der Waals surface area contributed by atoms with E-state index in [2.05, 4.69) is 17.6 Å². The molecule has 2 saturated heterocycles. The first-order valence-electron chi connectivity index (χ1n) is 9.97. The molecule has 0 bridgehead atoms. The Bertz CT molecular complexity index is 593. The molecule has 5 heteroatoms. The lowest BCUT2D eigenvalue weighted by molar-refractivity contribution is -0.117. The van der Waals surface area contributed by atoms with Crippen LogP contribution in [-0.4, -0.2) is 38.3 Å². The summed E-state index contributed by atoms with van der Waals surface area (Å²) in [5, 5.41) is 6.49. The first-order valence-corrected chi connectivity index (χ1v) is 9.97. The van der Waals surface area contributed by atoms with Gasteiger partial charge in [0.25, 0.3) is 0 Å². The number of rotatable bonds is 7. The van der Waals surface area contributed by atoms with E-state index in [0.717, 1.165) is 49.5 Å². The Kier molecular flexibility index (Phi) is 6.92. The van der Waals surface area contributed by atoms with Crippen LogP contribution < -0.4 is 15.4 Å². The Morgan fingerprint density at radius 1 is 1.38 bits per heavy atom. The second kappa shape index (κ2) is 9.38. The SMILES string of the molecule is Cc1ccc(NC(=O)CC(C)C2CCCNC2)c(OCC2CCCO2)c1. The van der Waals surface area contributed by atoms with Crippen LogP contribution in [0.25, 0.3) is 0 Å². The van der Waals surface area contributed by atoms with Crippen LogP contribution in [0.4, 0.5) is 5.69 Å². The molecule has 2 fully saturated rings. The highest BCUT2D eigenvalue weighted by molar-refractivity contribution is 5.92. The summed E-state index contributed by atoms with van der Waals surface area (Å²) in [6.07, 6.45) is 5.26. The van der Waals surface area contributed by atoms with Gasteiger partial charge in [0, 0.05) is 13.0 Å². The maximum absolute atomic E-state index is 12.6. The number of hydrogen-bond acceptors (Lipinski definition) is 4. The van der Waals surface area contributed by atoms with E-state index < -0.39 is 0 Å². The summed E-state index contributed by atoms with van der Waals surface area (Å²) >= 11 is 0. The Labute approximate surface area is 156 Å². The van der Waals surface area contributed by atoms with Crippen molar-refractivity contribution in [1.29, 1.82) is 0 Å². The summed E-state index contributed by atoms with van der Waals surface area (Å²) in [6.45, 7) is 7.69. The van der Waals surface area contributed by atoms with Crippen molar-refractivity contribution in [3.8, 4) is 5.75 Å². The summed E-state index contributed by atoms with van der Waals surface area (Å²) in [6, 6.07) is 5.92. The molecule has 2 heterocycles. The van der Waals surface area contributed by atoms with Gasteiger partial charge < -0.3 is 20.1 Å². The first-order chi connectivity index (χ1) is 12.6. The van der Waals surface area contributed by atoms with Crippen LogP contribution in [-0.2, 0) is 9.53 Å². The highest BCUT2D eigenvalue weighted by Crippen LogP contribution is 2.28. The molecule has 0 aliphatic carbocycles. The van der Waals surface area contributed by atoms with E-state index in [9.17, 15) is 4.79 Å². The minimum absolute atomic E-state index is 0.0638. The maximum Gasteiger partial charge on any atom is 0.224 e. The number of anilines is 1. The van der Waals surface area contributed by atoms with Gasteiger partial charge in [-0.15, -0.1) is 0 Å². The van der Waals surface area contributed by atoms with Gasteiger partial charge >= 0.3 is 0 Å². The molecule has 3 rings (SSSR count). The molecule has 5 nitrogen and oxygen atoms in total. The zero-order valence-electron chi connectivity index (χ0n) is 16.1. The smallest absolute Gasteiger partial charge is 0.224 e.